The lowest BCUT2D eigenvalue weighted by Crippen LogP contribution is -2.34. The molecule has 1 fully saturated rings. The number of piperidine rings is 1. The van der Waals surface area contributed by atoms with E-state index in [0.717, 1.165) is 18.0 Å². The fraction of sp³-hybridized carbons (Fsp3) is 0.643. The number of rotatable bonds is 5. The van der Waals surface area contributed by atoms with Gasteiger partial charge in [0, 0.05) is 11.3 Å². The van der Waals surface area contributed by atoms with E-state index in [1.165, 1.54) is 12.8 Å². The van der Waals surface area contributed by atoms with E-state index in [4.69, 9.17) is 4.74 Å². The molecule has 0 aromatic carbocycles. The van der Waals surface area contributed by atoms with Crippen LogP contribution in [0.25, 0.3) is 0 Å². The van der Waals surface area contributed by atoms with Gasteiger partial charge < -0.3 is 10.1 Å². The second kappa shape index (κ2) is 6.90. The number of thiophene rings is 1. The predicted molar refractivity (Wildman–Crippen MR) is 73.5 cm³/mol. The van der Waals surface area contributed by atoms with Crippen molar-refractivity contribution in [1.82, 2.24) is 5.32 Å². The topological polar surface area (TPSA) is 38.3 Å². The molecule has 2 unspecified atom stereocenters. The first-order valence-corrected chi connectivity index (χ1v) is 7.52. The average molecular weight is 267 g/mol. The van der Waals surface area contributed by atoms with Crippen LogP contribution in [0.15, 0.2) is 17.5 Å². The van der Waals surface area contributed by atoms with E-state index in [-0.39, 0.29) is 5.97 Å². The molecule has 1 aromatic rings. The van der Waals surface area contributed by atoms with Crippen LogP contribution in [-0.2, 0) is 16.1 Å². The standard InChI is InChI=1S/C14H21NO2S/c1-11(12-4-2-6-15-9-12)8-14(16)17-10-13-5-3-7-18-13/h3,5,7,11-12,15H,2,4,6,8-10H2,1H3. The summed E-state index contributed by atoms with van der Waals surface area (Å²) in [5.41, 5.74) is 0. The molecule has 100 valence electrons. The van der Waals surface area contributed by atoms with E-state index in [1.807, 2.05) is 17.5 Å². The van der Waals surface area contributed by atoms with E-state index in [9.17, 15) is 4.79 Å². The van der Waals surface area contributed by atoms with Crippen molar-refractivity contribution in [2.75, 3.05) is 13.1 Å². The monoisotopic (exact) mass is 267 g/mol. The Bertz CT molecular complexity index is 358. The maximum absolute atomic E-state index is 11.8. The number of carbonyl (C=O) groups is 1. The number of esters is 1. The highest BCUT2D eigenvalue weighted by Gasteiger charge is 2.22. The summed E-state index contributed by atoms with van der Waals surface area (Å²) >= 11 is 1.62. The molecule has 2 atom stereocenters. The molecular formula is C14H21NO2S. The van der Waals surface area contributed by atoms with Gasteiger partial charge in [-0.1, -0.05) is 13.0 Å². The highest BCUT2D eigenvalue weighted by atomic mass is 32.1. The lowest BCUT2D eigenvalue weighted by atomic mass is 9.85. The molecule has 0 saturated carbocycles. The Balaban J connectivity index is 1.69. The van der Waals surface area contributed by atoms with Gasteiger partial charge in [-0.3, -0.25) is 4.79 Å². The van der Waals surface area contributed by atoms with E-state index < -0.39 is 0 Å². The Morgan fingerprint density at radius 2 is 2.56 bits per heavy atom. The SMILES string of the molecule is CC(CC(=O)OCc1cccs1)C1CCCNC1. The fourth-order valence-corrected chi connectivity index (χ4v) is 3.02. The number of ether oxygens (including phenoxy) is 1. The van der Waals surface area contributed by atoms with Crippen LogP contribution in [0.5, 0.6) is 0 Å². The molecule has 18 heavy (non-hydrogen) atoms. The van der Waals surface area contributed by atoms with Crippen LogP contribution in [0, 0.1) is 11.8 Å². The molecular weight excluding hydrogens is 246 g/mol. The molecule has 4 heteroatoms. The predicted octanol–water partition coefficient (Wildman–Crippen LogP) is 2.82. The van der Waals surface area contributed by atoms with Crippen molar-refractivity contribution in [3.8, 4) is 0 Å². The first-order chi connectivity index (χ1) is 8.75. The van der Waals surface area contributed by atoms with E-state index in [1.54, 1.807) is 11.3 Å². The van der Waals surface area contributed by atoms with Crippen molar-refractivity contribution >= 4 is 17.3 Å². The molecule has 0 aliphatic carbocycles. The van der Waals surface area contributed by atoms with Gasteiger partial charge in [-0.05, 0) is 49.2 Å². The largest absolute Gasteiger partial charge is 0.460 e. The van der Waals surface area contributed by atoms with Gasteiger partial charge in [0.1, 0.15) is 6.61 Å². The van der Waals surface area contributed by atoms with Crippen LogP contribution in [0.3, 0.4) is 0 Å². The number of nitrogens with one attached hydrogen (secondary N) is 1. The molecule has 0 bridgehead atoms. The Hall–Kier alpha value is -0.870. The van der Waals surface area contributed by atoms with Crippen molar-refractivity contribution in [1.29, 1.82) is 0 Å². The first kappa shape index (κ1) is 13.6. The Morgan fingerprint density at radius 3 is 3.22 bits per heavy atom. The molecule has 1 N–H and O–H groups in total. The van der Waals surface area contributed by atoms with E-state index in [0.29, 0.717) is 24.9 Å². The zero-order valence-corrected chi connectivity index (χ0v) is 11.7. The highest BCUT2D eigenvalue weighted by molar-refractivity contribution is 7.09. The minimum absolute atomic E-state index is 0.0681. The maximum atomic E-state index is 11.8. The molecule has 2 rings (SSSR count). The number of hydrogen-bond donors (Lipinski definition) is 1. The van der Waals surface area contributed by atoms with Gasteiger partial charge in [0.25, 0.3) is 0 Å². The van der Waals surface area contributed by atoms with Gasteiger partial charge in [-0.25, -0.2) is 0 Å². The highest BCUT2D eigenvalue weighted by Crippen LogP contribution is 2.23. The van der Waals surface area contributed by atoms with Crippen LogP contribution in [0.1, 0.15) is 31.1 Å². The lowest BCUT2D eigenvalue weighted by Gasteiger charge is -2.27. The third kappa shape index (κ3) is 4.10. The Labute approximate surface area is 113 Å². The summed E-state index contributed by atoms with van der Waals surface area (Å²) in [6, 6.07) is 3.97. The summed E-state index contributed by atoms with van der Waals surface area (Å²) in [7, 11) is 0. The number of carbonyl (C=O) groups excluding carboxylic acids is 1. The number of hydrogen-bond acceptors (Lipinski definition) is 4. The zero-order valence-electron chi connectivity index (χ0n) is 10.9. The molecule has 1 saturated heterocycles. The molecule has 2 heterocycles. The third-order valence-electron chi connectivity index (χ3n) is 3.58. The molecule has 1 aromatic heterocycles. The van der Waals surface area contributed by atoms with Crippen LogP contribution in [0.2, 0.25) is 0 Å². The Kier molecular flexibility index (Phi) is 5.20. The van der Waals surface area contributed by atoms with Crippen molar-refractivity contribution in [3.63, 3.8) is 0 Å². The fourth-order valence-electron chi connectivity index (χ4n) is 2.40. The zero-order chi connectivity index (χ0) is 12.8. The van der Waals surface area contributed by atoms with Gasteiger partial charge in [-0.2, -0.15) is 0 Å². The van der Waals surface area contributed by atoms with Gasteiger partial charge in [0.2, 0.25) is 0 Å². The van der Waals surface area contributed by atoms with Crippen LogP contribution >= 0.6 is 11.3 Å². The quantitative estimate of drug-likeness (QED) is 0.834. The second-order valence-electron chi connectivity index (χ2n) is 5.03. The lowest BCUT2D eigenvalue weighted by molar-refractivity contribution is -0.146. The van der Waals surface area contributed by atoms with Gasteiger partial charge in [0.05, 0.1) is 0 Å². The van der Waals surface area contributed by atoms with Crippen molar-refractivity contribution in [2.24, 2.45) is 11.8 Å². The molecule has 0 amide bonds. The van der Waals surface area contributed by atoms with Crippen LogP contribution in [-0.4, -0.2) is 19.1 Å². The summed E-state index contributed by atoms with van der Waals surface area (Å²) in [6.07, 6.45) is 2.99. The molecule has 1 aliphatic rings. The van der Waals surface area contributed by atoms with Gasteiger partial charge >= 0.3 is 5.97 Å². The molecule has 0 spiro atoms. The summed E-state index contributed by atoms with van der Waals surface area (Å²) in [4.78, 5) is 12.9. The normalized spacial score (nSPS) is 21.5. The molecule has 0 radical (unpaired) electrons. The average Bonchev–Trinajstić information content (AvgIpc) is 2.90. The smallest absolute Gasteiger partial charge is 0.306 e. The van der Waals surface area contributed by atoms with Crippen LogP contribution in [0.4, 0.5) is 0 Å². The van der Waals surface area contributed by atoms with Crippen LogP contribution < -0.4 is 5.32 Å². The van der Waals surface area contributed by atoms with Gasteiger partial charge in [0.15, 0.2) is 0 Å². The van der Waals surface area contributed by atoms with E-state index >= 15 is 0 Å². The van der Waals surface area contributed by atoms with Gasteiger partial charge in [-0.15, -0.1) is 11.3 Å². The first-order valence-electron chi connectivity index (χ1n) is 6.64. The minimum Gasteiger partial charge on any atom is -0.460 e. The second-order valence-corrected chi connectivity index (χ2v) is 6.06. The van der Waals surface area contributed by atoms with Crippen molar-refractivity contribution in [3.05, 3.63) is 22.4 Å². The van der Waals surface area contributed by atoms with Crippen molar-refractivity contribution in [2.45, 2.75) is 32.8 Å². The molecule has 3 nitrogen and oxygen atoms in total. The summed E-state index contributed by atoms with van der Waals surface area (Å²) in [6.45, 7) is 4.74. The summed E-state index contributed by atoms with van der Waals surface area (Å²) in [5, 5.41) is 5.39. The summed E-state index contributed by atoms with van der Waals surface area (Å²) < 4.78 is 5.30. The third-order valence-corrected chi connectivity index (χ3v) is 4.43. The summed E-state index contributed by atoms with van der Waals surface area (Å²) in [5.74, 6) is 0.961. The minimum atomic E-state index is -0.0681. The molecule has 1 aliphatic heterocycles. The van der Waals surface area contributed by atoms with E-state index in [2.05, 4.69) is 12.2 Å². The Morgan fingerprint density at radius 1 is 1.67 bits per heavy atom. The van der Waals surface area contributed by atoms with Crippen molar-refractivity contribution < 1.29 is 9.53 Å². The maximum Gasteiger partial charge on any atom is 0.306 e.